The van der Waals surface area contributed by atoms with Gasteiger partial charge in [-0.25, -0.2) is 14.9 Å². The third kappa shape index (κ3) is 2.46. The second kappa shape index (κ2) is 6.16. The number of carbonyl (C=O) groups excluding carboxylic acids is 2. The summed E-state index contributed by atoms with van der Waals surface area (Å²) in [5.41, 5.74) is 2.83. The van der Waals surface area contributed by atoms with Crippen molar-refractivity contribution in [3.05, 3.63) is 64.7 Å². The van der Waals surface area contributed by atoms with Gasteiger partial charge in [-0.1, -0.05) is 47.5 Å². The Kier molecular flexibility index (Phi) is 3.86. The smallest absolute Gasteiger partial charge is 0.253 e. The molecule has 5 nitrogen and oxygen atoms in total. The molecule has 2 amide bonds. The van der Waals surface area contributed by atoms with Crippen molar-refractivity contribution < 1.29 is 9.59 Å². The summed E-state index contributed by atoms with van der Waals surface area (Å²) in [5.74, 6) is -0.666. The van der Waals surface area contributed by atoms with E-state index in [0.717, 1.165) is 25.1 Å². The number of fused-ring (bicyclic) bond motifs is 3. The van der Waals surface area contributed by atoms with Crippen LogP contribution in [-0.2, 0) is 9.59 Å². The first kappa shape index (κ1) is 16.9. The van der Waals surface area contributed by atoms with Gasteiger partial charge in [0.1, 0.15) is 6.04 Å². The predicted octanol–water partition coefficient (Wildman–Crippen LogP) is 3.18. The summed E-state index contributed by atoms with van der Waals surface area (Å²) in [5, 5.41) is 4.86. The highest BCUT2D eigenvalue weighted by Gasteiger charge is 2.62. The van der Waals surface area contributed by atoms with Crippen LogP contribution in [0.15, 0.2) is 48.5 Å². The van der Waals surface area contributed by atoms with Crippen LogP contribution in [0, 0.1) is 12.8 Å². The van der Waals surface area contributed by atoms with Crippen LogP contribution in [0.4, 0.5) is 5.69 Å². The molecule has 0 bridgehead atoms. The SMILES string of the molecule is Cc1ccc([C@@H]2[C@@H]3C(=O)N(c4cccc(Cl)c4)C(=O)[C@@H]3N3CCCN23)cc1. The van der Waals surface area contributed by atoms with Crippen LogP contribution in [-0.4, -0.2) is 41.0 Å². The molecule has 3 heterocycles. The molecule has 0 N–H and O–H groups in total. The minimum Gasteiger partial charge on any atom is -0.274 e. The number of hydrazine groups is 1. The Labute approximate surface area is 163 Å². The Bertz CT molecular complexity index is 929. The molecule has 0 aromatic heterocycles. The second-order valence-corrected chi connectivity index (χ2v) is 7.93. The van der Waals surface area contributed by atoms with Crippen molar-refractivity contribution in [2.75, 3.05) is 18.0 Å². The van der Waals surface area contributed by atoms with Crippen molar-refractivity contribution in [1.29, 1.82) is 0 Å². The molecule has 3 atom stereocenters. The van der Waals surface area contributed by atoms with Crippen LogP contribution in [0.5, 0.6) is 0 Å². The van der Waals surface area contributed by atoms with Gasteiger partial charge in [0.2, 0.25) is 5.91 Å². The molecule has 138 valence electrons. The summed E-state index contributed by atoms with van der Waals surface area (Å²) in [6.07, 6.45) is 1.00. The van der Waals surface area contributed by atoms with Gasteiger partial charge in [0.15, 0.2) is 0 Å². The Morgan fingerprint density at radius 1 is 0.926 bits per heavy atom. The van der Waals surface area contributed by atoms with E-state index in [4.69, 9.17) is 11.6 Å². The fraction of sp³-hybridized carbons (Fsp3) is 0.333. The maximum Gasteiger partial charge on any atom is 0.253 e. The maximum atomic E-state index is 13.4. The van der Waals surface area contributed by atoms with Crippen LogP contribution in [0.25, 0.3) is 0 Å². The van der Waals surface area contributed by atoms with Gasteiger partial charge >= 0.3 is 0 Å². The average Bonchev–Trinajstić information content (AvgIpc) is 3.28. The standard InChI is InChI=1S/C21H20ClN3O2/c1-13-6-8-14(9-7-13)18-17-19(24-11-3-10-23(18)24)21(27)25(20(17)26)16-5-2-4-15(22)12-16/h2,4-9,12,17-19H,3,10-11H2,1H3/t17-,18+,19+/m0/s1. The molecule has 0 aliphatic carbocycles. The van der Waals surface area contributed by atoms with E-state index in [2.05, 4.69) is 41.2 Å². The summed E-state index contributed by atoms with van der Waals surface area (Å²) in [4.78, 5) is 28.0. The lowest BCUT2D eigenvalue weighted by molar-refractivity contribution is -0.126. The van der Waals surface area contributed by atoms with Crippen LogP contribution in [0.1, 0.15) is 23.6 Å². The fourth-order valence-electron chi connectivity index (χ4n) is 4.75. The van der Waals surface area contributed by atoms with E-state index in [9.17, 15) is 9.59 Å². The fourth-order valence-corrected chi connectivity index (χ4v) is 4.93. The summed E-state index contributed by atoms with van der Waals surface area (Å²) in [6.45, 7) is 3.74. The number of nitrogens with zero attached hydrogens (tertiary/aromatic N) is 3. The summed E-state index contributed by atoms with van der Waals surface area (Å²) in [7, 11) is 0. The molecule has 3 saturated heterocycles. The molecule has 0 unspecified atom stereocenters. The zero-order chi connectivity index (χ0) is 18.7. The molecule has 0 radical (unpaired) electrons. The number of anilines is 1. The van der Waals surface area contributed by atoms with Gasteiger partial charge < -0.3 is 0 Å². The predicted molar refractivity (Wildman–Crippen MR) is 103 cm³/mol. The van der Waals surface area contributed by atoms with Gasteiger partial charge in [0, 0.05) is 18.1 Å². The van der Waals surface area contributed by atoms with E-state index < -0.39 is 6.04 Å². The Hall–Kier alpha value is -2.21. The molecule has 5 rings (SSSR count). The summed E-state index contributed by atoms with van der Waals surface area (Å²) in [6, 6.07) is 14.7. The van der Waals surface area contributed by atoms with E-state index in [1.54, 1.807) is 24.3 Å². The zero-order valence-electron chi connectivity index (χ0n) is 15.0. The monoisotopic (exact) mass is 381 g/mol. The van der Waals surface area contributed by atoms with Gasteiger partial charge in [0.25, 0.3) is 5.91 Å². The quantitative estimate of drug-likeness (QED) is 0.749. The van der Waals surface area contributed by atoms with E-state index in [1.807, 2.05) is 0 Å². The number of amides is 2. The molecular weight excluding hydrogens is 362 g/mol. The number of hydrogen-bond acceptors (Lipinski definition) is 4. The second-order valence-electron chi connectivity index (χ2n) is 7.50. The lowest BCUT2D eigenvalue weighted by atomic mass is 9.89. The molecule has 3 aliphatic heterocycles. The van der Waals surface area contributed by atoms with Gasteiger partial charge in [-0.3, -0.25) is 9.59 Å². The van der Waals surface area contributed by atoms with Crippen molar-refractivity contribution in [3.8, 4) is 0 Å². The van der Waals surface area contributed by atoms with Crippen LogP contribution in [0.2, 0.25) is 5.02 Å². The van der Waals surface area contributed by atoms with Crippen molar-refractivity contribution in [3.63, 3.8) is 0 Å². The van der Waals surface area contributed by atoms with E-state index in [0.29, 0.717) is 10.7 Å². The maximum absolute atomic E-state index is 13.4. The number of rotatable bonds is 2. The van der Waals surface area contributed by atoms with Crippen LogP contribution < -0.4 is 4.90 Å². The van der Waals surface area contributed by atoms with Gasteiger partial charge in [-0.05, 0) is 37.1 Å². The van der Waals surface area contributed by atoms with Gasteiger partial charge in [-0.2, -0.15) is 0 Å². The first-order valence-corrected chi connectivity index (χ1v) is 9.67. The number of imide groups is 1. The largest absolute Gasteiger partial charge is 0.274 e. The van der Waals surface area contributed by atoms with Gasteiger partial charge in [0.05, 0.1) is 17.6 Å². The molecule has 6 heteroatoms. The molecular formula is C21H20ClN3O2. The van der Waals surface area contributed by atoms with E-state index in [-0.39, 0.29) is 23.8 Å². The molecule has 3 fully saturated rings. The normalized spacial score (nSPS) is 28.1. The Morgan fingerprint density at radius 3 is 2.33 bits per heavy atom. The molecule has 27 heavy (non-hydrogen) atoms. The highest BCUT2D eigenvalue weighted by Crippen LogP contribution is 2.48. The zero-order valence-corrected chi connectivity index (χ0v) is 15.8. The minimum absolute atomic E-state index is 0.0984. The molecule has 2 aromatic carbocycles. The van der Waals surface area contributed by atoms with Crippen LogP contribution >= 0.6 is 11.6 Å². The Balaban J connectivity index is 1.59. The summed E-state index contributed by atoms with van der Waals surface area (Å²) < 4.78 is 0. The van der Waals surface area contributed by atoms with Crippen molar-refractivity contribution in [2.24, 2.45) is 5.92 Å². The first-order valence-electron chi connectivity index (χ1n) is 9.29. The number of carbonyl (C=O) groups is 2. The van der Waals surface area contributed by atoms with Crippen molar-refractivity contribution in [2.45, 2.75) is 25.4 Å². The lowest BCUT2D eigenvalue weighted by Gasteiger charge is -2.29. The highest BCUT2D eigenvalue weighted by atomic mass is 35.5. The molecule has 0 saturated carbocycles. The number of halogens is 1. The minimum atomic E-state index is -0.426. The third-order valence-electron chi connectivity index (χ3n) is 5.89. The lowest BCUT2D eigenvalue weighted by Crippen LogP contribution is -2.44. The highest BCUT2D eigenvalue weighted by molar-refractivity contribution is 6.31. The van der Waals surface area contributed by atoms with E-state index in [1.165, 1.54) is 10.5 Å². The number of hydrogen-bond donors (Lipinski definition) is 0. The average molecular weight is 382 g/mol. The molecule has 3 aliphatic rings. The number of aryl methyl sites for hydroxylation is 1. The topological polar surface area (TPSA) is 43.9 Å². The van der Waals surface area contributed by atoms with E-state index >= 15 is 0 Å². The molecule has 0 spiro atoms. The van der Waals surface area contributed by atoms with Crippen molar-refractivity contribution >= 4 is 29.1 Å². The third-order valence-corrected chi connectivity index (χ3v) is 6.13. The van der Waals surface area contributed by atoms with Gasteiger partial charge in [-0.15, -0.1) is 0 Å². The summed E-state index contributed by atoms with van der Waals surface area (Å²) >= 11 is 6.10. The van der Waals surface area contributed by atoms with Crippen molar-refractivity contribution in [1.82, 2.24) is 10.0 Å². The van der Waals surface area contributed by atoms with Crippen LogP contribution in [0.3, 0.4) is 0 Å². The Morgan fingerprint density at radius 2 is 1.63 bits per heavy atom. The molecule has 2 aromatic rings. The number of benzene rings is 2. The first-order chi connectivity index (χ1) is 13.1.